The second-order valence-electron chi connectivity index (χ2n) is 4.56. The molecule has 104 valence electrons. The van der Waals surface area contributed by atoms with Gasteiger partial charge in [0, 0.05) is 12.5 Å². The highest BCUT2D eigenvalue weighted by atomic mass is 19.1. The second kappa shape index (κ2) is 8.49. The molecule has 0 spiro atoms. The standard InChI is InChI=1S/C15H21FN2O/c1-2-13(18)11-12-7-6-8-14(16)15(12)19-10-5-3-4-9-17/h6-8,13H,2-5,10-11,18H2,1H3. The van der Waals surface area contributed by atoms with Gasteiger partial charge in [-0.1, -0.05) is 19.1 Å². The van der Waals surface area contributed by atoms with Crippen LogP contribution in [0.3, 0.4) is 0 Å². The second-order valence-corrected chi connectivity index (χ2v) is 4.56. The van der Waals surface area contributed by atoms with Crippen LogP contribution in [0.15, 0.2) is 18.2 Å². The molecule has 3 nitrogen and oxygen atoms in total. The molecule has 0 aliphatic rings. The van der Waals surface area contributed by atoms with Crippen LogP contribution in [0.5, 0.6) is 5.75 Å². The van der Waals surface area contributed by atoms with Crippen LogP contribution in [0.1, 0.15) is 38.2 Å². The van der Waals surface area contributed by atoms with Crippen LogP contribution in [-0.4, -0.2) is 12.6 Å². The molecule has 0 heterocycles. The van der Waals surface area contributed by atoms with Gasteiger partial charge in [-0.2, -0.15) is 5.26 Å². The molecule has 0 saturated carbocycles. The highest BCUT2D eigenvalue weighted by molar-refractivity contribution is 5.35. The Labute approximate surface area is 114 Å². The van der Waals surface area contributed by atoms with Crippen molar-refractivity contribution in [2.24, 2.45) is 5.73 Å². The number of para-hydroxylation sites is 1. The lowest BCUT2D eigenvalue weighted by molar-refractivity contribution is 0.288. The normalized spacial score (nSPS) is 11.9. The Morgan fingerprint density at radius 2 is 2.21 bits per heavy atom. The van der Waals surface area contributed by atoms with Gasteiger partial charge in [0.15, 0.2) is 11.6 Å². The first kappa shape index (κ1) is 15.5. The van der Waals surface area contributed by atoms with Gasteiger partial charge in [-0.25, -0.2) is 4.39 Å². The minimum absolute atomic E-state index is 0.0164. The summed E-state index contributed by atoms with van der Waals surface area (Å²) < 4.78 is 19.3. The molecule has 0 radical (unpaired) electrons. The van der Waals surface area contributed by atoms with Crippen molar-refractivity contribution in [3.63, 3.8) is 0 Å². The summed E-state index contributed by atoms with van der Waals surface area (Å²) in [5.41, 5.74) is 6.72. The first-order valence-electron chi connectivity index (χ1n) is 6.71. The van der Waals surface area contributed by atoms with E-state index in [1.54, 1.807) is 6.07 Å². The van der Waals surface area contributed by atoms with Crippen molar-refractivity contribution in [2.45, 2.75) is 45.1 Å². The Kier molecular flexibility index (Phi) is 6.91. The van der Waals surface area contributed by atoms with Crippen LogP contribution in [-0.2, 0) is 6.42 Å². The van der Waals surface area contributed by atoms with E-state index < -0.39 is 0 Å². The van der Waals surface area contributed by atoms with Gasteiger partial charge in [-0.3, -0.25) is 0 Å². The SMILES string of the molecule is CCC(N)Cc1cccc(F)c1OCCCCC#N. The summed E-state index contributed by atoms with van der Waals surface area (Å²) in [6.45, 7) is 2.43. The van der Waals surface area contributed by atoms with Crippen LogP contribution in [0.25, 0.3) is 0 Å². The average molecular weight is 264 g/mol. The summed E-state index contributed by atoms with van der Waals surface area (Å²) >= 11 is 0. The van der Waals surface area contributed by atoms with Gasteiger partial charge in [0.25, 0.3) is 0 Å². The number of hydrogen-bond donors (Lipinski definition) is 1. The molecule has 0 fully saturated rings. The summed E-state index contributed by atoms with van der Waals surface area (Å²) in [4.78, 5) is 0. The molecule has 0 saturated heterocycles. The topological polar surface area (TPSA) is 59.0 Å². The van der Waals surface area contributed by atoms with Crippen molar-refractivity contribution in [1.82, 2.24) is 0 Å². The molecular weight excluding hydrogens is 243 g/mol. The first-order valence-corrected chi connectivity index (χ1v) is 6.71. The largest absolute Gasteiger partial charge is 0.490 e. The summed E-state index contributed by atoms with van der Waals surface area (Å²) in [6, 6.07) is 7.01. The number of rotatable bonds is 8. The van der Waals surface area contributed by atoms with Crippen molar-refractivity contribution in [2.75, 3.05) is 6.61 Å². The van der Waals surface area contributed by atoms with E-state index in [2.05, 4.69) is 6.07 Å². The fraction of sp³-hybridized carbons (Fsp3) is 0.533. The van der Waals surface area contributed by atoms with Crippen LogP contribution < -0.4 is 10.5 Å². The molecule has 19 heavy (non-hydrogen) atoms. The predicted octanol–water partition coefficient (Wildman–Crippen LogP) is 3.18. The number of unbranched alkanes of at least 4 members (excludes halogenated alkanes) is 2. The zero-order chi connectivity index (χ0) is 14.1. The van der Waals surface area contributed by atoms with E-state index in [-0.39, 0.29) is 11.9 Å². The van der Waals surface area contributed by atoms with Crippen molar-refractivity contribution in [1.29, 1.82) is 5.26 Å². The maximum absolute atomic E-state index is 13.8. The number of nitrogens with zero attached hydrogens (tertiary/aromatic N) is 1. The van der Waals surface area contributed by atoms with Gasteiger partial charge in [-0.05, 0) is 37.3 Å². The number of hydrogen-bond acceptors (Lipinski definition) is 3. The molecular formula is C15H21FN2O. The molecule has 0 amide bonds. The Morgan fingerprint density at radius 1 is 1.42 bits per heavy atom. The van der Waals surface area contributed by atoms with E-state index in [4.69, 9.17) is 15.7 Å². The predicted molar refractivity (Wildman–Crippen MR) is 73.3 cm³/mol. The van der Waals surface area contributed by atoms with Gasteiger partial charge in [0.2, 0.25) is 0 Å². The van der Waals surface area contributed by atoms with Crippen LogP contribution in [0, 0.1) is 17.1 Å². The van der Waals surface area contributed by atoms with Crippen LogP contribution in [0.2, 0.25) is 0 Å². The van der Waals surface area contributed by atoms with Gasteiger partial charge < -0.3 is 10.5 Å². The van der Waals surface area contributed by atoms with E-state index in [0.717, 1.165) is 24.8 Å². The van der Waals surface area contributed by atoms with Crippen molar-refractivity contribution < 1.29 is 9.13 Å². The zero-order valence-corrected chi connectivity index (χ0v) is 11.4. The maximum Gasteiger partial charge on any atom is 0.165 e. The molecule has 2 N–H and O–H groups in total. The fourth-order valence-electron chi connectivity index (χ4n) is 1.78. The lowest BCUT2D eigenvalue weighted by Gasteiger charge is -2.15. The summed E-state index contributed by atoms with van der Waals surface area (Å²) in [5.74, 6) is -0.0376. The highest BCUT2D eigenvalue weighted by Gasteiger charge is 2.12. The third-order valence-corrected chi connectivity index (χ3v) is 2.98. The summed E-state index contributed by atoms with van der Waals surface area (Å²) in [7, 11) is 0. The Balaban J connectivity index is 2.62. The minimum Gasteiger partial charge on any atom is -0.490 e. The van der Waals surface area contributed by atoms with E-state index in [9.17, 15) is 4.39 Å². The summed E-state index contributed by atoms with van der Waals surface area (Å²) in [5, 5.41) is 8.43. The van der Waals surface area contributed by atoms with Gasteiger partial charge >= 0.3 is 0 Å². The smallest absolute Gasteiger partial charge is 0.165 e. The molecule has 0 aliphatic carbocycles. The van der Waals surface area contributed by atoms with Crippen LogP contribution >= 0.6 is 0 Å². The van der Waals surface area contributed by atoms with Crippen molar-refractivity contribution in [3.05, 3.63) is 29.6 Å². The Morgan fingerprint density at radius 3 is 2.89 bits per heavy atom. The van der Waals surface area contributed by atoms with Gasteiger partial charge in [0.05, 0.1) is 12.7 Å². The molecule has 4 heteroatoms. The Hall–Kier alpha value is -1.60. The molecule has 0 bridgehead atoms. The quantitative estimate of drug-likeness (QED) is 0.734. The third kappa shape index (κ3) is 5.27. The molecule has 0 aliphatic heterocycles. The van der Waals surface area contributed by atoms with E-state index >= 15 is 0 Å². The van der Waals surface area contributed by atoms with Gasteiger partial charge in [-0.15, -0.1) is 0 Å². The number of ether oxygens (including phenoxy) is 1. The monoisotopic (exact) mass is 264 g/mol. The molecule has 1 atom stereocenters. The molecule has 1 aromatic carbocycles. The minimum atomic E-state index is -0.346. The number of nitriles is 1. The fourth-order valence-corrected chi connectivity index (χ4v) is 1.78. The lowest BCUT2D eigenvalue weighted by Crippen LogP contribution is -2.22. The number of halogens is 1. The van der Waals surface area contributed by atoms with Crippen LogP contribution in [0.4, 0.5) is 4.39 Å². The zero-order valence-electron chi connectivity index (χ0n) is 11.4. The molecule has 1 rings (SSSR count). The molecule has 1 aromatic rings. The Bertz CT molecular complexity index is 429. The average Bonchev–Trinajstić information content (AvgIpc) is 2.41. The van der Waals surface area contributed by atoms with E-state index in [0.29, 0.717) is 25.2 Å². The van der Waals surface area contributed by atoms with E-state index in [1.807, 2.05) is 13.0 Å². The lowest BCUT2D eigenvalue weighted by atomic mass is 10.0. The first-order chi connectivity index (χ1) is 9.19. The van der Waals surface area contributed by atoms with E-state index in [1.165, 1.54) is 6.07 Å². The third-order valence-electron chi connectivity index (χ3n) is 2.98. The molecule has 0 aromatic heterocycles. The van der Waals surface area contributed by atoms with Gasteiger partial charge in [0.1, 0.15) is 0 Å². The highest BCUT2D eigenvalue weighted by Crippen LogP contribution is 2.24. The number of benzene rings is 1. The summed E-state index contributed by atoms with van der Waals surface area (Å²) in [6.07, 6.45) is 3.49. The maximum atomic E-state index is 13.8. The van der Waals surface area contributed by atoms with Crippen molar-refractivity contribution in [3.8, 4) is 11.8 Å². The number of nitrogens with two attached hydrogens (primary N) is 1. The molecule has 1 unspecified atom stereocenters. The van der Waals surface area contributed by atoms with Crippen molar-refractivity contribution >= 4 is 0 Å².